The van der Waals surface area contributed by atoms with Crippen LogP contribution in [0.3, 0.4) is 0 Å². The summed E-state index contributed by atoms with van der Waals surface area (Å²) in [5.41, 5.74) is 0. The zero-order valence-electron chi connectivity index (χ0n) is 11.7. The van der Waals surface area contributed by atoms with Crippen molar-refractivity contribution < 1.29 is 4.74 Å². The van der Waals surface area contributed by atoms with Crippen LogP contribution in [0, 0.1) is 0 Å². The van der Waals surface area contributed by atoms with E-state index in [0.29, 0.717) is 0 Å². The molecule has 0 radical (unpaired) electrons. The molecule has 18 heavy (non-hydrogen) atoms. The molecule has 1 rings (SSSR count). The highest BCUT2D eigenvalue weighted by Gasteiger charge is 1.96. The number of thiazole rings is 1. The van der Waals surface area contributed by atoms with Gasteiger partial charge in [0.15, 0.2) is 0 Å². The zero-order chi connectivity index (χ0) is 12.9. The Kier molecular flexibility index (Phi) is 9.91. The summed E-state index contributed by atoms with van der Waals surface area (Å²) in [6.07, 6.45) is 15.5. The molecule has 1 aromatic rings. The van der Waals surface area contributed by atoms with Crippen LogP contribution in [0.1, 0.15) is 71.1 Å². The molecule has 0 unspecified atom stereocenters. The highest BCUT2D eigenvalue weighted by molar-refractivity contribution is 7.11. The van der Waals surface area contributed by atoms with Crippen molar-refractivity contribution in [3.05, 3.63) is 11.6 Å². The van der Waals surface area contributed by atoms with Crippen molar-refractivity contribution in [2.24, 2.45) is 0 Å². The number of nitrogens with zero attached hydrogens (tertiary/aromatic N) is 1. The molecular weight excluding hydrogens is 242 g/mol. The molecule has 0 aliphatic rings. The Labute approximate surface area is 116 Å². The largest absolute Gasteiger partial charge is 0.470 e. The molecule has 1 aromatic heterocycles. The second-order valence-electron chi connectivity index (χ2n) is 4.83. The van der Waals surface area contributed by atoms with Crippen LogP contribution in [0.15, 0.2) is 11.6 Å². The SMILES string of the molecule is CCCCCCCCCCCCOc1nccs1. The normalized spacial score (nSPS) is 10.7. The van der Waals surface area contributed by atoms with E-state index in [1.165, 1.54) is 57.8 Å². The molecule has 104 valence electrons. The molecular formula is C15H27NOS. The van der Waals surface area contributed by atoms with Gasteiger partial charge >= 0.3 is 0 Å². The third kappa shape index (κ3) is 8.51. The van der Waals surface area contributed by atoms with E-state index in [1.807, 2.05) is 5.38 Å². The van der Waals surface area contributed by atoms with Gasteiger partial charge in [-0.25, -0.2) is 4.98 Å². The third-order valence-corrected chi connectivity index (χ3v) is 3.82. The van der Waals surface area contributed by atoms with Gasteiger partial charge in [-0.3, -0.25) is 0 Å². The summed E-state index contributed by atoms with van der Waals surface area (Å²) in [4.78, 5) is 4.10. The molecule has 0 aromatic carbocycles. The summed E-state index contributed by atoms with van der Waals surface area (Å²) in [5, 5.41) is 2.76. The van der Waals surface area contributed by atoms with Gasteiger partial charge in [-0.1, -0.05) is 76.0 Å². The minimum absolute atomic E-state index is 0.811. The second-order valence-corrected chi connectivity index (χ2v) is 5.69. The Morgan fingerprint density at radius 2 is 1.56 bits per heavy atom. The molecule has 0 atom stereocenters. The molecule has 0 amide bonds. The highest BCUT2D eigenvalue weighted by atomic mass is 32.1. The Morgan fingerprint density at radius 1 is 0.944 bits per heavy atom. The molecule has 0 saturated carbocycles. The average Bonchev–Trinajstić information content (AvgIpc) is 2.89. The van der Waals surface area contributed by atoms with E-state index in [0.717, 1.165) is 18.2 Å². The average molecular weight is 269 g/mol. The smallest absolute Gasteiger partial charge is 0.273 e. The van der Waals surface area contributed by atoms with Crippen LogP contribution in [-0.4, -0.2) is 11.6 Å². The fraction of sp³-hybridized carbons (Fsp3) is 0.800. The second kappa shape index (κ2) is 11.5. The van der Waals surface area contributed by atoms with Gasteiger partial charge in [0.1, 0.15) is 0 Å². The lowest BCUT2D eigenvalue weighted by atomic mass is 10.1. The maximum atomic E-state index is 5.53. The zero-order valence-corrected chi connectivity index (χ0v) is 12.5. The van der Waals surface area contributed by atoms with Gasteiger partial charge in [-0.2, -0.15) is 0 Å². The topological polar surface area (TPSA) is 22.1 Å². The lowest BCUT2D eigenvalue weighted by Crippen LogP contribution is -1.96. The molecule has 0 aliphatic carbocycles. The van der Waals surface area contributed by atoms with Crippen molar-refractivity contribution in [2.75, 3.05) is 6.61 Å². The molecule has 0 aliphatic heterocycles. The van der Waals surface area contributed by atoms with Crippen LogP contribution in [0.25, 0.3) is 0 Å². The van der Waals surface area contributed by atoms with Crippen molar-refractivity contribution in [2.45, 2.75) is 71.1 Å². The van der Waals surface area contributed by atoms with Crippen molar-refractivity contribution in [3.63, 3.8) is 0 Å². The molecule has 2 nitrogen and oxygen atoms in total. The number of hydrogen-bond acceptors (Lipinski definition) is 3. The van der Waals surface area contributed by atoms with E-state index in [4.69, 9.17) is 4.74 Å². The van der Waals surface area contributed by atoms with Crippen molar-refractivity contribution in [1.29, 1.82) is 0 Å². The number of unbranched alkanes of at least 4 members (excludes halogenated alkanes) is 9. The quantitative estimate of drug-likeness (QED) is 0.471. The van der Waals surface area contributed by atoms with Crippen LogP contribution in [0.2, 0.25) is 0 Å². The molecule has 0 spiro atoms. The minimum atomic E-state index is 0.811. The van der Waals surface area contributed by atoms with Crippen molar-refractivity contribution >= 4 is 11.3 Å². The van der Waals surface area contributed by atoms with E-state index in [2.05, 4.69) is 11.9 Å². The monoisotopic (exact) mass is 269 g/mol. The van der Waals surface area contributed by atoms with Gasteiger partial charge in [-0.05, 0) is 6.42 Å². The van der Waals surface area contributed by atoms with E-state index in [1.54, 1.807) is 17.5 Å². The number of hydrogen-bond donors (Lipinski definition) is 0. The van der Waals surface area contributed by atoms with Crippen molar-refractivity contribution in [3.8, 4) is 5.19 Å². The van der Waals surface area contributed by atoms with Crippen LogP contribution < -0.4 is 4.74 Å². The molecule has 0 N–H and O–H groups in total. The maximum absolute atomic E-state index is 5.53. The van der Waals surface area contributed by atoms with E-state index in [-0.39, 0.29) is 0 Å². The lowest BCUT2D eigenvalue weighted by molar-refractivity contribution is 0.302. The Balaban J connectivity index is 1.73. The first-order valence-electron chi connectivity index (χ1n) is 7.45. The van der Waals surface area contributed by atoms with E-state index < -0.39 is 0 Å². The van der Waals surface area contributed by atoms with Crippen LogP contribution >= 0.6 is 11.3 Å². The number of rotatable bonds is 12. The fourth-order valence-corrected chi connectivity index (χ4v) is 2.54. The van der Waals surface area contributed by atoms with Crippen LogP contribution in [-0.2, 0) is 0 Å². The van der Waals surface area contributed by atoms with Gasteiger partial charge in [0.2, 0.25) is 0 Å². The molecule has 0 saturated heterocycles. The maximum Gasteiger partial charge on any atom is 0.273 e. The Morgan fingerprint density at radius 3 is 2.11 bits per heavy atom. The van der Waals surface area contributed by atoms with Crippen LogP contribution in [0.5, 0.6) is 5.19 Å². The van der Waals surface area contributed by atoms with Gasteiger partial charge in [0.25, 0.3) is 5.19 Å². The number of ether oxygens (including phenoxy) is 1. The highest BCUT2D eigenvalue weighted by Crippen LogP contribution is 2.14. The summed E-state index contributed by atoms with van der Waals surface area (Å²) in [5.74, 6) is 0. The van der Waals surface area contributed by atoms with Gasteiger partial charge in [-0.15, -0.1) is 0 Å². The Hall–Kier alpha value is -0.570. The molecule has 0 fully saturated rings. The van der Waals surface area contributed by atoms with Gasteiger partial charge in [0.05, 0.1) is 6.61 Å². The summed E-state index contributed by atoms with van der Waals surface area (Å²) < 4.78 is 5.53. The van der Waals surface area contributed by atoms with Crippen LogP contribution in [0.4, 0.5) is 0 Å². The first-order valence-corrected chi connectivity index (χ1v) is 8.33. The standard InChI is InChI=1S/C15H27NOS/c1-2-3-4-5-6-7-8-9-10-11-13-17-15-16-12-14-18-15/h12,14H,2-11,13H2,1H3. The van der Waals surface area contributed by atoms with E-state index in [9.17, 15) is 0 Å². The summed E-state index contributed by atoms with van der Waals surface area (Å²) >= 11 is 1.57. The lowest BCUT2D eigenvalue weighted by Gasteiger charge is -2.03. The predicted molar refractivity (Wildman–Crippen MR) is 79.5 cm³/mol. The first kappa shape index (κ1) is 15.5. The summed E-state index contributed by atoms with van der Waals surface area (Å²) in [7, 11) is 0. The van der Waals surface area contributed by atoms with Crippen molar-refractivity contribution in [1.82, 2.24) is 4.98 Å². The summed E-state index contributed by atoms with van der Waals surface area (Å²) in [6, 6.07) is 0. The van der Waals surface area contributed by atoms with E-state index >= 15 is 0 Å². The number of aromatic nitrogens is 1. The Bertz CT molecular complexity index is 261. The molecule has 0 bridgehead atoms. The van der Waals surface area contributed by atoms with Gasteiger partial charge < -0.3 is 4.74 Å². The fourth-order valence-electron chi connectivity index (χ4n) is 2.03. The summed E-state index contributed by atoms with van der Waals surface area (Å²) in [6.45, 7) is 3.10. The molecule has 3 heteroatoms. The minimum Gasteiger partial charge on any atom is -0.470 e. The predicted octanol–water partition coefficient (Wildman–Crippen LogP) is 5.44. The third-order valence-electron chi connectivity index (χ3n) is 3.13. The molecule has 1 heterocycles. The first-order chi connectivity index (χ1) is 8.93. The van der Waals surface area contributed by atoms with Gasteiger partial charge in [0, 0.05) is 11.6 Å².